The molecule has 3 rings (SSSR count). The summed E-state index contributed by atoms with van der Waals surface area (Å²) in [6, 6.07) is 6.04. The Balaban J connectivity index is 0.00000182. The normalized spacial score (nSPS) is 27.5. The van der Waals surface area contributed by atoms with Gasteiger partial charge in [-0.3, -0.25) is 4.79 Å². The second-order valence-corrected chi connectivity index (χ2v) is 8.52. The summed E-state index contributed by atoms with van der Waals surface area (Å²) in [4.78, 5) is 15.0. The fourth-order valence-electron chi connectivity index (χ4n) is 4.30. The standard InChI is InChI=1S/C20H30ClN3O.2ClH/c1-14-6-7-16(21)11-18(14)24-10-8-15(13-24)12-23-19(25)17-5-3-4-9-20(17,2)22;;/h6-7,11,15,17H,3-5,8-10,12-13,22H2,1-2H3,(H,23,25);2*1H. The molecule has 0 radical (unpaired) electrons. The van der Waals surface area contributed by atoms with Crippen LogP contribution in [0, 0.1) is 18.8 Å². The van der Waals surface area contributed by atoms with Gasteiger partial charge in [0, 0.05) is 35.9 Å². The van der Waals surface area contributed by atoms with Gasteiger partial charge in [0.05, 0.1) is 5.92 Å². The van der Waals surface area contributed by atoms with Gasteiger partial charge in [-0.25, -0.2) is 0 Å². The van der Waals surface area contributed by atoms with Crippen LogP contribution in [0.4, 0.5) is 5.69 Å². The van der Waals surface area contributed by atoms with Crippen molar-refractivity contribution in [2.75, 3.05) is 24.5 Å². The van der Waals surface area contributed by atoms with Crippen LogP contribution in [-0.4, -0.2) is 31.1 Å². The third-order valence-electron chi connectivity index (χ3n) is 5.93. The number of aryl methyl sites for hydroxylation is 1. The first-order chi connectivity index (χ1) is 11.9. The zero-order valence-electron chi connectivity index (χ0n) is 16.2. The Hall–Kier alpha value is -0.680. The number of carbonyl (C=O) groups excluding carboxylic acids is 1. The molecule has 7 heteroatoms. The number of benzene rings is 1. The molecule has 2 aliphatic rings. The van der Waals surface area contributed by atoms with E-state index >= 15 is 0 Å². The summed E-state index contributed by atoms with van der Waals surface area (Å²) < 4.78 is 0. The molecule has 3 atom stereocenters. The number of halogens is 3. The number of nitrogens with two attached hydrogens (primary N) is 1. The van der Waals surface area contributed by atoms with Crippen LogP contribution >= 0.6 is 36.4 Å². The number of amides is 1. The number of rotatable bonds is 4. The summed E-state index contributed by atoms with van der Waals surface area (Å²) >= 11 is 6.15. The van der Waals surface area contributed by atoms with Gasteiger partial charge < -0.3 is 16.0 Å². The molecule has 1 amide bonds. The van der Waals surface area contributed by atoms with Crippen molar-refractivity contribution in [1.82, 2.24) is 5.32 Å². The average Bonchev–Trinajstić information content (AvgIpc) is 3.03. The molecule has 154 valence electrons. The SMILES string of the molecule is Cc1ccc(Cl)cc1N1CCC(CNC(=O)C2CCCCC2(C)N)C1.Cl.Cl. The van der Waals surface area contributed by atoms with Crippen molar-refractivity contribution in [2.24, 2.45) is 17.6 Å². The Bertz CT molecular complexity index is 639. The Morgan fingerprint density at radius 3 is 2.78 bits per heavy atom. The molecular weight excluding hydrogens is 405 g/mol. The average molecular weight is 437 g/mol. The molecule has 0 bridgehead atoms. The van der Waals surface area contributed by atoms with Gasteiger partial charge in [-0.2, -0.15) is 0 Å². The fraction of sp³-hybridized carbons (Fsp3) is 0.650. The quantitative estimate of drug-likeness (QED) is 0.738. The van der Waals surface area contributed by atoms with E-state index < -0.39 is 0 Å². The molecule has 1 saturated heterocycles. The summed E-state index contributed by atoms with van der Waals surface area (Å²) in [6.45, 7) is 6.86. The first kappa shape index (κ1) is 24.4. The number of carbonyl (C=O) groups is 1. The molecule has 2 fully saturated rings. The predicted molar refractivity (Wildman–Crippen MR) is 119 cm³/mol. The smallest absolute Gasteiger partial charge is 0.224 e. The molecule has 1 saturated carbocycles. The van der Waals surface area contributed by atoms with Crippen LogP contribution in [0.1, 0.15) is 44.6 Å². The van der Waals surface area contributed by atoms with Crippen LogP contribution < -0.4 is 16.0 Å². The van der Waals surface area contributed by atoms with Crippen LogP contribution in [0.15, 0.2) is 18.2 Å². The molecule has 27 heavy (non-hydrogen) atoms. The number of nitrogens with one attached hydrogen (secondary N) is 1. The van der Waals surface area contributed by atoms with Gasteiger partial charge in [-0.05, 0) is 56.7 Å². The maximum Gasteiger partial charge on any atom is 0.224 e. The summed E-state index contributed by atoms with van der Waals surface area (Å²) in [7, 11) is 0. The lowest BCUT2D eigenvalue weighted by atomic mass is 9.74. The highest BCUT2D eigenvalue weighted by atomic mass is 35.5. The Kier molecular flexibility index (Phi) is 9.20. The van der Waals surface area contributed by atoms with Crippen LogP contribution in [0.2, 0.25) is 5.02 Å². The maximum absolute atomic E-state index is 12.6. The molecule has 3 unspecified atom stereocenters. The van der Waals surface area contributed by atoms with Gasteiger partial charge in [0.15, 0.2) is 0 Å². The lowest BCUT2D eigenvalue weighted by molar-refractivity contribution is -0.128. The molecular formula is C20H32Cl3N3O. The van der Waals surface area contributed by atoms with Crippen molar-refractivity contribution in [3.63, 3.8) is 0 Å². The summed E-state index contributed by atoms with van der Waals surface area (Å²) in [5, 5.41) is 3.95. The third-order valence-corrected chi connectivity index (χ3v) is 6.17. The topological polar surface area (TPSA) is 58.4 Å². The van der Waals surface area contributed by atoms with E-state index in [1.807, 2.05) is 19.1 Å². The highest BCUT2D eigenvalue weighted by molar-refractivity contribution is 6.30. The number of hydrogen-bond donors (Lipinski definition) is 2. The van der Waals surface area contributed by atoms with Crippen LogP contribution in [-0.2, 0) is 4.79 Å². The van der Waals surface area contributed by atoms with E-state index in [1.165, 1.54) is 11.3 Å². The van der Waals surface area contributed by atoms with Crippen LogP contribution in [0.5, 0.6) is 0 Å². The molecule has 4 nitrogen and oxygen atoms in total. The molecule has 1 aliphatic carbocycles. The molecule has 0 spiro atoms. The third kappa shape index (κ3) is 5.90. The van der Waals surface area contributed by atoms with Crippen molar-refractivity contribution in [3.05, 3.63) is 28.8 Å². The van der Waals surface area contributed by atoms with E-state index in [0.29, 0.717) is 5.92 Å². The van der Waals surface area contributed by atoms with Gasteiger partial charge >= 0.3 is 0 Å². The van der Waals surface area contributed by atoms with E-state index in [1.54, 1.807) is 0 Å². The van der Waals surface area contributed by atoms with Gasteiger partial charge in [0.25, 0.3) is 0 Å². The second kappa shape index (κ2) is 10.2. The zero-order chi connectivity index (χ0) is 18.0. The first-order valence-corrected chi connectivity index (χ1v) is 9.82. The van der Waals surface area contributed by atoms with Gasteiger partial charge in [0.2, 0.25) is 5.91 Å². The molecule has 1 aromatic rings. The predicted octanol–water partition coefficient (Wildman–Crippen LogP) is 4.34. The van der Waals surface area contributed by atoms with Crippen molar-refractivity contribution in [1.29, 1.82) is 0 Å². The van der Waals surface area contributed by atoms with Crippen molar-refractivity contribution in [3.8, 4) is 0 Å². The Morgan fingerprint density at radius 1 is 1.33 bits per heavy atom. The maximum atomic E-state index is 12.6. The summed E-state index contributed by atoms with van der Waals surface area (Å²) in [5.41, 5.74) is 8.45. The molecule has 3 N–H and O–H groups in total. The van der Waals surface area contributed by atoms with E-state index in [-0.39, 0.29) is 42.2 Å². The van der Waals surface area contributed by atoms with Crippen molar-refractivity contribution < 1.29 is 4.79 Å². The highest BCUT2D eigenvalue weighted by Crippen LogP contribution is 2.32. The van der Waals surface area contributed by atoms with E-state index in [4.69, 9.17) is 17.3 Å². The Morgan fingerprint density at radius 2 is 2.07 bits per heavy atom. The minimum Gasteiger partial charge on any atom is -0.371 e. The number of anilines is 1. The lowest BCUT2D eigenvalue weighted by Gasteiger charge is -2.37. The van der Waals surface area contributed by atoms with Gasteiger partial charge in [0.1, 0.15) is 0 Å². The van der Waals surface area contributed by atoms with E-state index in [0.717, 1.165) is 56.8 Å². The Labute approximate surface area is 180 Å². The lowest BCUT2D eigenvalue weighted by Crippen LogP contribution is -2.53. The van der Waals surface area contributed by atoms with Crippen LogP contribution in [0.25, 0.3) is 0 Å². The van der Waals surface area contributed by atoms with E-state index in [2.05, 4.69) is 23.2 Å². The van der Waals surface area contributed by atoms with Gasteiger partial charge in [-0.1, -0.05) is 30.5 Å². The van der Waals surface area contributed by atoms with Crippen molar-refractivity contribution in [2.45, 2.75) is 51.5 Å². The molecule has 1 aliphatic heterocycles. The van der Waals surface area contributed by atoms with E-state index in [9.17, 15) is 4.79 Å². The largest absolute Gasteiger partial charge is 0.371 e. The number of hydrogen-bond acceptors (Lipinski definition) is 3. The minimum atomic E-state index is -0.359. The number of nitrogens with zero attached hydrogens (tertiary/aromatic N) is 1. The highest BCUT2D eigenvalue weighted by Gasteiger charge is 2.38. The minimum absolute atomic E-state index is 0. The monoisotopic (exact) mass is 435 g/mol. The zero-order valence-corrected chi connectivity index (χ0v) is 18.6. The second-order valence-electron chi connectivity index (χ2n) is 8.08. The molecule has 1 aromatic carbocycles. The fourth-order valence-corrected chi connectivity index (χ4v) is 4.46. The van der Waals surface area contributed by atoms with Crippen molar-refractivity contribution >= 4 is 48.0 Å². The van der Waals surface area contributed by atoms with Crippen LogP contribution in [0.3, 0.4) is 0 Å². The molecule has 0 aromatic heterocycles. The summed E-state index contributed by atoms with van der Waals surface area (Å²) in [5.74, 6) is 0.575. The summed E-state index contributed by atoms with van der Waals surface area (Å²) in [6.07, 6.45) is 5.19. The first-order valence-electron chi connectivity index (χ1n) is 9.44. The molecule has 1 heterocycles. The van der Waals surface area contributed by atoms with Gasteiger partial charge in [-0.15, -0.1) is 24.8 Å².